The molecule has 1 amide bonds. The number of nitrogens with zero attached hydrogens (tertiary/aromatic N) is 1. The van der Waals surface area contributed by atoms with Crippen LogP contribution in [0.5, 0.6) is 0 Å². The van der Waals surface area contributed by atoms with Gasteiger partial charge in [0.2, 0.25) is 5.91 Å². The van der Waals surface area contributed by atoms with Crippen LogP contribution in [0.2, 0.25) is 0 Å². The highest BCUT2D eigenvalue weighted by atomic mass is 32.1. The van der Waals surface area contributed by atoms with Gasteiger partial charge in [0, 0.05) is 24.6 Å². The van der Waals surface area contributed by atoms with Crippen molar-refractivity contribution < 1.29 is 9.53 Å². The fourth-order valence-corrected chi connectivity index (χ4v) is 2.28. The van der Waals surface area contributed by atoms with Gasteiger partial charge in [-0.2, -0.15) is 0 Å². The molecule has 5 heteroatoms. The van der Waals surface area contributed by atoms with Gasteiger partial charge in [0.1, 0.15) is 0 Å². The molecular weight excluding hydrogens is 272 g/mol. The van der Waals surface area contributed by atoms with E-state index in [-0.39, 0.29) is 5.91 Å². The summed E-state index contributed by atoms with van der Waals surface area (Å²) in [5, 5.41) is 5.24. The Kier molecular flexibility index (Phi) is 6.20. The van der Waals surface area contributed by atoms with Crippen LogP contribution in [0.3, 0.4) is 0 Å². The standard InChI is InChI=1S/C15H18N2O2S/c18-14(17-15-16-9-12-20-15)7-4-10-19-11-8-13-5-2-1-3-6-13/h1-3,5-6,9,12H,4,7-8,10-11H2,(H,16,17,18). The first-order chi connectivity index (χ1) is 9.84. The highest BCUT2D eigenvalue weighted by Crippen LogP contribution is 2.10. The Labute approximate surface area is 122 Å². The van der Waals surface area contributed by atoms with Crippen LogP contribution in [0.4, 0.5) is 5.13 Å². The summed E-state index contributed by atoms with van der Waals surface area (Å²) in [6.07, 6.45) is 3.77. The molecule has 4 nitrogen and oxygen atoms in total. The van der Waals surface area contributed by atoms with Crippen LogP contribution >= 0.6 is 11.3 Å². The summed E-state index contributed by atoms with van der Waals surface area (Å²) in [6, 6.07) is 10.2. The SMILES string of the molecule is O=C(CCCOCCc1ccccc1)Nc1nccs1. The lowest BCUT2D eigenvalue weighted by molar-refractivity contribution is -0.116. The summed E-state index contributed by atoms with van der Waals surface area (Å²) in [7, 11) is 0. The molecule has 1 aromatic carbocycles. The molecule has 0 aliphatic carbocycles. The molecule has 0 spiro atoms. The van der Waals surface area contributed by atoms with Crippen LogP contribution in [-0.2, 0) is 16.0 Å². The second kappa shape index (κ2) is 8.45. The number of anilines is 1. The van der Waals surface area contributed by atoms with Gasteiger partial charge in [0.05, 0.1) is 6.61 Å². The van der Waals surface area contributed by atoms with Crippen molar-refractivity contribution >= 4 is 22.4 Å². The molecule has 0 saturated heterocycles. The topological polar surface area (TPSA) is 51.2 Å². The van der Waals surface area contributed by atoms with Gasteiger partial charge in [0.15, 0.2) is 5.13 Å². The summed E-state index contributed by atoms with van der Waals surface area (Å²) < 4.78 is 5.53. The third kappa shape index (κ3) is 5.50. The van der Waals surface area contributed by atoms with Gasteiger partial charge < -0.3 is 10.1 Å². The highest BCUT2D eigenvalue weighted by Gasteiger charge is 2.03. The van der Waals surface area contributed by atoms with E-state index in [9.17, 15) is 4.79 Å². The zero-order valence-corrected chi connectivity index (χ0v) is 12.1. The van der Waals surface area contributed by atoms with Crippen molar-refractivity contribution in [1.82, 2.24) is 4.98 Å². The Hall–Kier alpha value is -1.72. The summed E-state index contributed by atoms with van der Waals surface area (Å²) in [6.45, 7) is 1.30. The number of hydrogen-bond donors (Lipinski definition) is 1. The van der Waals surface area contributed by atoms with Gasteiger partial charge in [-0.1, -0.05) is 30.3 Å². The molecule has 0 atom stereocenters. The predicted molar refractivity (Wildman–Crippen MR) is 80.9 cm³/mol. The number of ether oxygens (including phenoxy) is 1. The number of thiazole rings is 1. The Balaban J connectivity index is 1.50. The molecule has 106 valence electrons. The third-order valence-corrected chi connectivity index (χ3v) is 3.44. The highest BCUT2D eigenvalue weighted by molar-refractivity contribution is 7.13. The van der Waals surface area contributed by atoms with E-state index in [1.54, 1.807) is 6.20 Å². The second-order valence-electron chi connectivity index (χ2n) is 4.34. The Bertz CT molecular complexity index is 500. The molecule has 0 saturated carbocycles. The van der Waals surface area contributed by atoms with Gasteiger partial charge >= 0.3 is 0 Å². The molecule has 20 heavy (non-hydrogen) atoms. The van der Waals surface area contributed by atoms with E-state index in [2.05, 4.69) is 22.4 Å². The first-order valence-electron chi connectivity index (χ1n) is 6.65. The van der Waals surface area contributed by atoms with Crippen molar-refractivity contribution in [1.29, 1.82) is 0 Å². The van der Waals surface area contributed by atoms with Crippen LogP contribution in [-0.4, -0.2) is 24.1 Å². The summed E-state index contributed by atoms with van der Waals surface area (Å²) >= 11 is 1.42. The minimum absolute atomic E-state index is 0.00777. The fraction of sp³-hybridized carbons (Fsp3) is 0.333. The molecule has 0 radical (unpaired) electrons. The van der Waals surface area contributed by atoms with Crippen molar-refractivity contribution in [3.05, 3.63) is 47.5 Å². The molecule has 0 unspecified atom stereocenters. The van der Waals surface area contributed by atoms with Gasteiger partial charge in [0.25, 0.3) is 0 Å². The normalized spacial score (nSPS) is 10.4. The Morgan fingerprint density at radius 2 is 2.10 bits per heavy atom. The van der Waals surface area contributed by atoms with E-state index in [1.165, 1.54) is 16.9 Å². The van der Waals surface area contributed by atoms with Gasteiger partial charge in [-0.05, 0) is 18.4 Å². The smallest absolute Gasteiger partial charge is 0.226 e. The monoisotopic (exact) mass is 290 g/mol. The van der Waals surface area contributed by atoms with Crippen molar-refractivity contribution in [2.45, 2.75) is 19.3 Å². The molecule has 0 aliphatic rings. The van der Waals surface area contributed by atoms with E-state index in [0.717, 1.165) is 12.8 Å². The first-order valence-corrected chi connectivity index (χ1v) is 7.53. The number of aromatic nitrogens is 1. The number of rotatable bonds is 8. The predicted octanol–water partition coefficient (Wildman–Crippen LogP) is 3.12. The van der Waals surface area contributed by atoms with Gasteiger partial charge in [-0.3, -0.25) is 4.79 Å². The maximum Gasteiger partial charge on any atom is 0.226 e. The number of amides is 1. The number of carbonyl (C=O) groups is 1. The number of hydrogen-bond acceptors (Lipinski definition) is 4. The summed E-state index contributed by atoms with van der Waals surface area (Å²) in [5.74, 6) is -0.00777. The summed E-state index contributed by atoms with van der Waals surface area (Å²) in [4.78, 5) is 15.6. The summed E-state index contributed by atoms with van der Waals surface area (Å²) in [5.41, 5.74) is 1.27. The van der Waals surface area contributed by atoms with Gasteiger partial charge in [-0.15, -0.1) is 11.3 Å². The molecule has 0 bridgehead atoms. The average molecular weight is 290 g/mol. The zero-order valence-electron chi connectivity index (χ0n) is 11.2. The molecular formula is C15H18N2O2S. The van der Waals surface area contributed by atoms with E-state index in [4.69, 9.17) is 4.74 Å². The van der Waals surface area contributed by atoms with E-state index >= 15 is 0 Å². The lowest BCUT2D eigenvalue weighted by Gasteiger charge is -2.04. The molecule has 0 fully saturated rings. The number of nitrogens with one attached hydrogen (secondary N) is 1. The van der Waals surface area contributed by atoms with Crippen molar-refractivity contribution in [2.75, 3.05) is 18.5 Å². The number of carbonyl (C=O) groups excluding carboxylic acids is 1. The van der Waals surface area contributed by atoms with E-state index in [1.807, 2.05) is 23.6 Å². The van der Waals surface area contributed by atoms with Crippen molar-refractivity contribution in [2.24, 2.45) is 0 Å². The Morgan fingerprint density at radius 3 is 2.85 bits per heavy atom. The molecule has 1 heterocycles. The molecule has 2 aromatic rings. The average Bonchev–Trinajstić information content (AvgIpc) is 2.96. The second-order valence-corrected chi connectivity index (χ2v) is 5.23. The van der Waals surface area contributed by atoms with Crippen LogP contribution in [0.25, 0.3) is 0 Å². The van der Waals surface area contributed by atoms with Crippen LogP contribution in [0.15, 0.2) is 41.9 Å². The lowest BCUT2D eigenvalue weighted by atomic mass is 10.2. The molecule has 0 aliphatic heterocycles. The minimum Gasteiger partial charge on any atom is -0.381 e. The largest absolute Gasteiger partial charge is 0.381 e. The van der Waals surface area contributed by atoms with Gasteiger partial charge in [-0.25, -0.2) is 4.98 Å². The lowest BCUT2D eigenvalue weighted by Crippen LogP contribution is -2.12. The van der Waals surface area contributed by atoms with Crippen LogP contribution < -0.4 is 5.32 Å². The third-order valence-electron chi connectivity index (χ3n) is 2.75. The molecule has 1 aromatic heterocycles. The van der Waals surface area contributed by atoms with E-state index < -0.39 is 0 Å². The number of benzene rings is 1. The van der Waals surface area contributed by atoms with Crippen LogP contribution in [0.1, 0.15) is 18.4 Å². The van der Waals surface area contributed by atoms with Crippen molar-refractivity contribution in [3.63, 3.8) is 0 Å². The molecule has 2 rings (SSSR count). The maximum absolute atomic E-state index is 11.6. The van der Waals surface area contributed by atoms with E-state index in [0.29, 0.717) is 24.8 Å². The Morgan fingerprint density at radius 1 is 1.25 bits per heavy atom. The zero-order chi connectivity index (χ0) is 14.0. The minimum atomic E-state index is -0.00777. The van der Waals surface area contributed by atoms with Crippen molar-refractivity contribution in [3.8, 4) is 0 Å². The quantitative estimate of drug-likeness (QED) is 0.760. The first kappa shape index (κ1) is 14.7. The maximum atomic E-state index is 11.6. The molecule has 1 N–H and O–H groups in total. The fourth-order valence-electron chi connectivity index (χ4n) is 1.74. The van der Waals surface area contributed by atoms with Crippen LogP contribution in [0, 0.1) is 0 Å².